The molecular weight excluding hydrogens is 595 g/mol. The van der Waals surface area contributed by atoms with Crippen molar-refractivity contribution in [3.05, 3.63) is 106 Å². The Hall–Kier alpha value is -4.31. The van der Waals surface area contributed by atoms with Gasteiger partial charge in [-0.05, 0) is 0 Å². The van der Waals surface area contributed by atoms with Crippen LogP contribution in [-0.4, -0.2) is 87.9 Å². The number of pyridine rings is 2. The summed E-state index contributed by atoms with van der Waals surface area (Å²) in [5, 5.41) is 10.5. The van der Waals surface area contributed by atoms with E-state index in [4.69, 9.17) is 9.97 Å². The molecule has 5 aromatic rings. The zero-order chi connectivity index (χ0) is 29.2. The molecule has 42 heavy (non-hydrogen) atoms. The summed E-state index contributed by atoms with van der Waals surface area (Å²) in [6.07, 6.45) is 4.87. The van der Waals surface area contributed by atoms with Crippen molar-refractivity contribution >= 4 is 41.4 Å². The molecule has 1 N–H and O–H groups in total. The molecule has 0 amide bonds. The van der Waals surface area contributed by atoms with Crippen molar-refractivity contribution in [2.45, 2.75) is 13.2 Å². The van der Waals surface area contributed by atoms with Crippen LogP contribution in [0.3, 0.4) is 0 Å². The van der Waals surface area contributed by atoms with Crippen LogP contribution < -0.4 is 25.0 Å². The molecule has 1 atom stereocenters. The summed E-state index contributed by atoms with van der Waals surface area (Å²) >= 11 is -0.986. The maximum atomic E-state index is 13.4. The van der Waals surface area contributed by atoms with Crippen LogP contribution in [0.2, 0.25) is 0 Å². The van der Waals surface area contributed by atoms with Gasteiger partial charge in [-0.25, -0.2) is 0 Å². The number of likely N-dealkylation sites (N-methyl/N-ethyl adjacent to an activating group) is 1. The standard InChI is InChI=1S/C30H31AsN8O3/c1-3-12-38-29(42)23-19-32-30(31-22-10-11-24(21(18-22)20-40)36-16-14-35(2)15-17-36)34-28(23)39(38)26-8-6-7-25(33-26)37-13-5-4-9-27(37)41/h3-11,13,18-19,31,40H,1,12,14-17,20H2,2H3. The Morgan fingerprint density at radius 3 is 2.57 bits per heavy atom. The number of rotatable bonds is 8. The Kier molecular flexibility index (Phi) is 7.88. The van der Waals surface area contributed by atoms with Crippen LogP contribution in [0.25, 0.3) is 22.7 Å². The molecule has 1 aromatic carbocycles. The molecule has 0 radical (unpaired) electrons. The van der Waals surface area contributed by atoms with Crippen molar-refractivity contribution in [1.29, 1.82) is 0 Å². The summed E-state index contributed by atoms with van der Waals surface area (Å²) in [6.45, 7) is 7.84. The zero-order valence-corrected chi connectivity index (χ0v) is 25.3. The van der Waals surface area contributed by atoms with Crippen LogP contribution in [-0.2, 0) is 13.2 Å². The Balaban J connectivity index is 1.39. The van der Waals surface area contributed by atoms with Crippen molar-refractivity contribution in [1.82, 2.24) is 33.8 Å². The van der Waals surface area contributed by atoms with Crippen LogP contribution in [0.1, 0.15) is 5.56 Å². The van der Waals surface area contributed by atoms with Crippen LogP contribution in [0.4, 0.5) is 5.69 Å². The molecule has 5 heterocycles. The molecule has 11 nitrogen and oxygen atoms in total. The Morgan fingerprint density at radius 1 is 1.00 bits per heavy atom. The van der Waals surface area contributed by atoms with E-state index in [-0.39, 0.29) is 24.3 Å². The predicted octanol–water partition coefficient (Wildman–Crippen LogP) is -0.0545. The second kappa shape index (κ2) is 11.9. The van der Waals surface area contributed by atoms with Crippen molar-refractivity contribution in [2.75, 3.05) is 38.1 Å². The first-order valence-electron chi connectivity index (χ1n) is 13.7. The molecule has 1 aliphatic rings. The molecular formula is C30H31AsN8O3. The van der Waals surface area contributed by atoms with Crippen molar-refractivity contribution in [3.8, 4) is 11.6 Å². The van der Waals surface area contributed by atoms with Gasteiger partial charge in [-0.3, -0.25) is 0 Å². The molecule has 1 saturated heterocycles. The minimum absolute atomic E-state index is 0.0436. The summed E-state index contributed by atoms with van der Waals surface area (Å²) in [5.74, 6) is 0.873. The minimum atomic E-state index is -0.986. The predicted molar refractivity (Wildman–Crippen MR) is 165 cm³/mol. The molecule has 12 heteroatoms. The fourth-order valence-electron chi connectivity index (χ4n) is 5.16. The number of aromatic nitrogens is 6. The number of nitrogens with zero attached hydrogens (tertiary/aromatic N) is 8. The van der Waals surface area contributed by atoms with Gasteiger partial charge in [0.05, 0.1) is 0 Å². The second-order valence-electron chi connectivity index (χ2n) is 10.1. The van der Waals surface area contributed by atoms with Gasteiger partial charge in [0.1, 0.15) is 0 Å². The molecule has 214 valence electrons. The van der Waals surface area contributed by atoms with Gasteiger partial charge >= 0.3 is 249 Å². The summed E-state index contributed by atoms with van der Waals surface area (Å²) < 4.78 is 6.37. The number of fused-ring (bicyclic) bond motifs is 1. The van der Waals surface area contributed by atoms with Gasteiger partial charge in [-0.2, -0.15) is 0 Å². The van der Waals surface area contributed by atoms with E-state index in [2.05, 4.69) is 46.6 Å². The average molecular weight is 627 g/mol. The molecule has 0 bridgehead atoms. The Labute approximate surface area is 248 Å². The first-order valence-corrected chi connectivity index (χ1v) is 15.8. The molecule has 0 spiro atoms. The van der Waals surface area contributed by atoms with Gasteiger partial charge in [-0.1, -0.05) is 0 Å². The van der Waals surface area contributed by atoms with Gasteiger partial charge in [-0.15, -0.1) is 0 Å². The van der Waals surface area contributed by atoms with Crippen molar-refractivity contribution < 1.29 is 5.11 Å². The molecule has 0 saturated carbocycles. The summed E-state index contributed by atoms with van der Waals surface area (Å²) in [7, 11) is 2.12. The normalized spacial score (nSPS) is 14.3. The van der Waals surface area contributed by atoms with E-state index in [1.54, 1.807) is 53.5 Å². The number of aliphatic hydroxyl groups excluding tert-OH is 1. The Morgan fingerprint density at radius 2 is 1.81 bits per heavy atom. The van der Waals surface area contributed by atoms with Gasteiger partial charge in [0.2, 0.25) is 0 Å². The van der Waals surface area contributed by atoms with Gasteiger partial charge in [0, 0.05) is 0 Å². The summed E-state index contributed by atoms with van der Waals surface area (Å²) in [4.78, 5) is 44.6. The maximum absolute atomic E-state index is 13.4. The van der Waals surface area contributed by atoms with Gasteiger partial charge < -0.3 is 0 Å². The zero-order valence-electron chi connectivity index (χ0n) is 23.2. The third kappa shape index (κ3) is 5.34. The molecule has 6 rings (SSSR count). The molecule has 1 fully saturated rings. The van der Waals surface area contributed by atoms with Crippen LogP contribution in [0.5, 0.6) is 0 Å². The third-order valence-corrected chi connectivity index (χ3v) is 9.57. The number of hydrogen-bond donors (Lipinski definition) is 1. The number of piperazine rings is 1. The molecule has 1 unspecified atom stereocenters. The number of anilines is 1. The number of hydrogen-bond acceptors (Lipinski definition) is 8. The number of aliphatic hydroxyl groups is 1. The summed E-state index contributed by atoms with van der Waals surface area (Å²) in [5.41, 5.74) is 1.94. The van der Waals surface area contributed by atoms with Crippen LogP contribution >= 0.6 is 0 Å². The second-order valence-corrected chi connectivity index (χ2v) is 12.8. The van der Waals surface area contributed by atoms with E-state index in [0.717, 1.165) is 41.8 Å². The SMILES string of the molecule is C=CCn1c(=O)c2cnc([AsH]c3ccc(N4CCN(C)CC4)c(CO)c3)nc2n1-c1cccc(-n2ccccc2=O)n1. The van der Waals surface area contributed by atoms with Crippen LogP contribution in [0, 0.1) is 0 Å². The van der Waals surface area contributed by atoms with Gasteiger partial charge in [0.25, 0.3) is 0 Å². The van der Waals surface area contributed by atoms with Gasteiger partial charge in [0.15, 0.2) is 0 Å². The third-order valence-electron chi connectivity index (χ3n) is 7.33. The first-order chi connectivity index (χ1) is 20.5. The monoisotopic (exact) mass is 626 g/mol. The fraction of sp³-hybridized carbons (Fsp3) is 0.233. The topological polar surface area (TPSA) is 114 Å². The fourth-order valence-corrected chi connectivity index (χ4v) is 7.18. The van der Waals surface area contributed by atoms with Crippen molar-refractivity contribution in [3.63, 3.8) is 0 Å². The molecule has 4 aromatic heterocycles. The van der Waals surface area contributed by atoms with Crippen molar-refractivity contribution in [2.24, 2.45) is 0 Å². The van der Waals surface area contributed by atoms with E-state index in [0.29, 0.717) is 27.3 Å². The molecule has 1 aliphatic heterocycles. The van der Waals surface area contributed by atoms with Crippen LogP contribution in [0.15, 0.2) is 89.2 Å². The van der Waals surface area contributed by atoms with E-state index in [9.17, 15) is 14.7 Å². The van der Waals surface area contributed by atoms with E-state index in [1.165, 1.54) is 15.3 Å². The first kappa shape index (κ1) is 27.8. The quantitative estimate of drug-likeness (QED) is 0.189. The molecule has 0 aliphatic carbocycles. The average Bonchev–Trinajstić information content (AvgIpc) is 3.28. The van der Waals surface area contributed by atoms with E-state index < -0.39 is 15.8 Å². The van der Waals surface area contributed by atoms with E-state index >= 15 is 0 Å². The van der Waals surface area contributed by atoms with E-state index in [1.807, 2.05) is 0 Å². The number of allylic oxidation sites excluding steroid dienone is 1. The Bertz CT molecular complexity index is 1890. The summed E-state index contributed by atoms with van der Waals surface area (Å²) in [6, 6.07) is 16.5. The number of benzene rings is 1.